The molecule has 1 N–H and O–H groups in total. The number of hydrogen-bond acceptors (Lipinski definition) is 2. The van der Waals surface area contributed by atoms with Crippen molar-refractivity contribution in [2.45, 2.75) is 44.0 Å². The number of sulfonamides is 1. The molecule has 0 unspecified atom stereocenters. The number of nitrogens with one attached hydrogen (secondary N) is 1. The third kappa shape index (κ3) is 3.79. The first-order valence-corrected chi connectivity index (χ1v) is 8.80. The van der Waals surface area contributed by atoms with Crippen molar-refractivity contribution >= 4 is 41.9 Å². The van der Waals surface area contributed by atoms with Gasteiger partial charge in [-0.05, 0) is 53.9 Å². The molecule has 0 spiro atoms. The fraction of sp³-hybridized carbons (Fsp3) is 0.500. The van der Waals surface area contributed by atoms with Gasteiger partial charge in [0.05, 0.1) is 4.90 Å². The summed E-state index contributed by atoms with van der Waals surface area (Å²) in [5.74, 6) is 0. The van der Waals surface area contributed by atoms with Gasteiger partial charge in [0, 0.05) is 14.5 Å². The number of rotatable bonds is 5. The first-order chi connectivity index (χ1) is 8.24. The molecule has 1 aromatic carbocycles. The zero-order valence-electron chi connectivity index (χ0n) is 10.6. The highest BCUT2D eigenvalue weighted by atomic mass is 79.9. The van der Waals surface area contributed by atoms with E-state index in [4.69, 9.17) is 0 Å². The first-order valence-electron chi connectivity index (χ1n) is 5.73. The van der Waals surface area contributed by atoms with E-state index in [1.165, 1.54) is 0 Å². The lowest BCUT2D eigenvalue weighted by molar-refractivity contribution is 0.388. The molecule has 0 saturated heterocycles. The predicted octanol–water partition coefficient (Wildman–Crippen LogP) is 4.07. The van der Waals surface area contributed by atoms with Crippen LogP contribution in [0.3, 0.4) is 0 Å². The highest BCUT2D eigenvalue weighted by Crippen LogP contribution is 2.27. The van der Waals surface area contributed by atoms with Gasteiger partial charge in [0.15, 0.2) is 0 Å². The third-order valence-electron chi connectivity index (χ3n) is 3.12. The van der Waals surface area contributed by atoms with Crippen LogP contribution in [-0.4, -0.2) is 14.0 Å². The van der Waals surface area contributed by atoms with E-state index in [9.17, 15) is 8.42 Å². The van der Waals surface area contributed by atoms with Gasteiger partial charge in [0.2, 0.25) is 10.0 Å². The van der Waals surface area contributed by atoms with Crippen molar-refractivity contribution in [1.82, 2.24) is 4.72 Å². The molecule has 0 heterocycles. The molecule has 1 rings (SSSR count). The molecule has 1 aromatic rings. The number of hydrogen-bond donors (Lipinski definition) is 1. The van der Waals surface area contributed by atoms with Crippen LogP contribution in [0, 0.1) is 0 Å². The second-order valence-corrected chi connectivity index (χ2v) is 7.87. The van der Waals surface area contributed by atoms with Crippen molar-refractivity contribution in [1.29, 1.82) is 0 Å². The quantitative estimate of drug-likeness (QED) is 0.812. The monoisotopic (exact) mass is 397 g/mol. The standard InChI is InChI=1S/C12H17Br2NO2S/c1-4-12(3,5-2)15-18(16,17)11-7-6-9(13)8-10(11)14/h6-8,15H,4-5H2,1-3H3. The van der Waals surface area contributed by atoms with Crippen LogP contribution in [0.15, 0.2) is 32.0 Å². The summed E-state index contributed by atoms with van der Waals surface area (Å²) < 4.78 is 28.8. The molecule has 0 radical (unpaired) electrons. The smallest absolute Gasteiger partial charge is 0.207 e. The minimum Gasteiger partial charge on any atom is -0.207 e. The molecule has 102 valence electrons. The lowest BCUT2D eigenvalue weighted by atomic mass is 9.98. The molecule has 3 nitrogen and oxygen atoms in total. The van der Waals surface area contributed by atoms with E-state index in [-0.39, 0.29) is 4.90 Å². The second kappa shape index (κ2) is 6.03. The van der Waals surface area contributed by atoms with Gasteiger partial charge >= 0.3 is 0 Å². The highest BCUT2D eigenvalue weighted by Gasteiger charge is 2.28. The molecular weight excluding hydrogens is 382 g/mol. The topological polar surface area (TPSA) is 46.2 Å². The summed E-state index contributed by atoms with van der Waals surface area (Å²) in [5.41, 5.74) is -0.411. The van der Waals surface area contributed by atoms with Crippen molar-refractivity contribution in [3.8, 4) is 0 Å². The van der Waals surface area contributed by atoms with Crippen molar-refractivity contribution in [2.24, 2.45) is 0 Å². The molecule has 0 aliphatic rings. The summed E-state index contributed by atoms with van der Waals surface area (Å²) in [6.45, 7) is 5.86. The Hall–Kier alpha value is 0.0900. The van der Waals surface area contributed by atoms with Crippen LogP contribution in [0.4, 0.5) is 0 Å². The summed E-state index contributed by atoms with van der Waals surface area (Å²) in [7, 11) is -3.51. The van der Waals surface area contributed by atoms with Crippen LogP contribution in [-0.2, 0) is 10.0 Å². The van der Waals surface area contributed by atoms with Crippen LogP contribution >= 0.6 is 31.9 Å². The average molecular weight is 399 g/mol. The SMILES string of the molecule is CCC(C)(CC)NS(=O)(=O)c1ccc(Br)cc1Br. The molecule has 0 atom stereocenters. The summed E-state index contributed by atoms with van der Waals surface area (Å²) in [4.78, 5) is 0.263. The zero-order chi connectivity index (χ0) is 14.0. The lowest BCUT2D eigenvalue weighted by Crippen LogP contribution is -2.44. The van der Waals surface area contributed by atoms with Gasteiger partial charge < -0.3 is 0 Å². The first kappa shape index (κ1) is 16.1. The van der Waals surface area contributed by atoms with E-state index < -0.39 is 15.6 Å². The van der Waals surface area contributed by atoms with Gasteiger partial charge in [-0.2, -0.15) is 0 Å². The van der Waals surface area contributed by atoms with Crippen LogP contribution in [0.2, 0.25) is 0 Å². The Bertz CT molecular complexity index is 525. The molecule has 6 heteroatoms. The molecule has 0 aliphatic heterocycles. The van der Waals surface area contributed by atoms with Crippen LogP contribution < -0.4 is 4.72 Å². The maximum absolute atomic E-state index is 12.3. The summed E-state index contributed by atoms with van der Waals surface area (Å²) in [6.07, 6.45) is 1.49. The van der Waals surface area contributed by atoms with Gasteiger partial charge in [-0.25, -0.2) is 13.1 Å². The van der Waals surface area contributed by atoms with Crippen molar-refractivity contribution in [3.63, 3.8) is 0 Å². The molecule has 0 aliphatic carbocycles. The Morgan fingerprint density at radius 2 is 1.78 bits per heavy atom. The summed E-state index contributed by atoms with van der Waals surface area (Å²) in [6, 6.07) is 5.03. The molecule has 0 bridgehead atoms. The Morgan fingerprint density at radius 3 is 2.22 bits per heavy atom. The zero-order valence-corrected chi connectivity index (χ0v) is 14.6. The van der Waals surface area contributed by atoms with Crippen molar-refractivity contribution in [3.05, 3.63) is 27.1 Å². The van der Waals surface area contributed by atoms with Crippen molar-refractivity contribution < 1.29 is 8.42 Å². The third-order valence-corrected chi connectivity index (χ3v) is 6.23. The molecule has 0 aromatic heterocycles. The minimum atomic E-state index is -3.51. The van der Waals surface area contributed by atoms with Crippen LogP contribution in [0.25, 0.3) is 0 Å². The van der Waals surface area contributed by atoms with Gasteiger partial charge in [-0.15, -0.1) is 0 Å². The van der Waals surface area contributed by atoms with E-state index in [0.29, 0.717) is 4.47 Å². The Morgan fingerprint density at radius 1 is 1.22 bits per heavy atom. The maximum atomic E-state index is 12.3. The van der Waals surface area contributed by atoms with E-state index >= 15 is 0 Å². The van der Waals surface area contributed by atoms with Gasteiger partial charge in [0.25, 0.3) is 0 Å². The summed E-state index contributed by atoms with van der Waals surface area (Å²) >= 11 is 6.59. The number of halogens is 2. The Balaban J connectivity index is 3.15. The van der Waals surface area contributed by atoms with Crippen LogP contribution in [0.1, 0.15) is 33.6 Å². The highest BCUT2D eigenvalue weighted by molar-refractivity contribution is 9.11. The molecule has 0 saturated carbocycles. The molecule has 0 amide bonds. The fourth-order valence-electron chi connectivity index (χ4n) is 1.47. The second-order valence-electron chi connectivity index (χ2n) is 4.45. The maximum Gasteiger partial charge on any atom is 0.242 e. The predicted molar refractivity (Wildman–Crippen MR) is 81.2 cm³/mol. The fourth-order valence-corrected chi connectivity index (χ4v) is 4.76. The number of benzene rings is 1. The average Bonchev–Trinajstić information content (AvgIpc) is 2.27. The largest absolute Gasteiger partial charge is 0.242 e. The van der Waals surface area contributed by atoms with E-state index in [1.54, 1.807) is 18.2 Å². The minimum absolute atomic E-state index is 0.263. The lowest BCUT2D eigenvalue weighted by Gasteiger charge is -2.28. The molecule has 0 fully saturated rings. The van der Waals surface area contributed by atoms with E-state index in [0.717, 1.165) is 17.3 Å². The normalized spacial score (nSPS) is 12.7. The van der Waals surface area contributed by atoms with Crippen LogP contribution in [0.5, 0.6) is 0 Å². The van der Waals surface area contributed by atoms with Gasteiger partial charge in [-0.1, -0.05) is 29.8 Å². The molecular formula is C12H17Br2NO2S. The Kier molecular flexibility index (Phi) is 5.41. The molecule has 18 heavy (non-hydrogen) atoms. The van der Waals surface area contributed by atoms with Crippen molar-refractivity contribution in [2.75, 3.05) is 0 Å². The van der Waals surface area contributed by atoms with E-state index in [1.807, 2.05) is 20.8 Å². The van der Waals surface area contributed by atoms with E-state index in [2.05, 4.69) is 36.6 Å². The van der Waals surface area contributed by atoms with Gasteiger partial charge in [0.1, 0.15) is 0 Å². The Labute approximate surface area is 126 Å². The van der Waals surface area contributed by atoms with Gasteiger partial charge in [-0.3, -0.25) is 0 Å². The summed E-state index contributed by atoms with van der Waals surface area (Å²) in [5, 5.41) is 0.